The lowest BCUT2D eigenvalue weighted by Crippen LogP contribution is -1.97. The number of nitrogens with zero attached hydrogens (tertiary/aromatic N) is 3. The Balaban J connectivity index is 2.19. The number of benzene rings is 1. The molecule has 70 valence electrons. The maximum atomic E-state index is 5.65. The molecule has 1 aromatic carbocycles. The summed E-state index contributed by atoms with van der Waals surface area (Å²) < 4.78 is 0. The Morgan fingerprint density at radius 1 is 1.07 bits per heavy atom. The molecule has 0 aliphatic heterocycles. The largest absolute Gasteiger partial charge is 0.225 e. The Morgan fingerprint density at radius 2 is 1.86 bits per heavy atom. The summed E-state index contributed by atoms with van der Waals surface area (Å²) in [6.07, 6.45) is 2.11. The Bertz CT molecular complexity index is 417. The average molecular weight is 206 g/mol. The molecule has 0 fully saturated rings. The van der Waals surface area contributed by atoms with Crippen LogP contribution >= 0.6 is 11.6 Å². The van der Waals surface area contributed by atoms with E-state index in [9.17, 15) is 0 Å². The van der Waals surface area contributed by atoms with Gasteiger partial charge in [0.2, 0.25) is 5.28 Å². The van der Waals surface area contributed by atoms with Crippen LogP contribution in [0.5, 0.6) is 0 Å². The van der Waals surface area contributed by atoms with Gasteiger partial charge in [-0.2, -0.15) is 0 Å². The summed E-state index contributed by atoms with van der Waals surface area (Å²) in [6, 6.07) is 10.00. The summed E-state index contributed by atoms with van der Waals surface area (Å²) in [5, 5.41) is 0.242. The molecule has 1 aromatic heterocycles. The van der Waals surface area contributed by atoms with E-state index in [1.807, 2.05) is 30.3 Å². The summed E-state index contributed by atoms with van der Waals surface area (Å²) in [4.78, 5) is 11.8. The van der Waals surface area contributed by atoms with Crippen LogP contribution in [0, 0.1) is 0 Å². The van der Waals surface area contributed by atoms with Gasteiger partial charge in [-0.25, -0.2) is 15.0 Å². The second-order valence-electron chi connectivity index (χ2n) is 2.83. The van der Waals surface area contributed by atoms with Gasteiger partial charge in [0.05, 0.1) is 0 Å². The lowest BCUT2D eigenvalue weighted by Gasteiger charge is -1.98. The van der Waals surface area contributed by atoms with E-state index >= 15 is 0 Å². The van der Waals surface area contributed by atoms with Crippen molar-refractivity contribution in [3.05, 3.63) is 53.3 Å². The molecule has 0 aliphatic rings. The Morgan fingerprint density at radius 3 is 2.57 bits per heavy atom. The van der Waals surface area contributed by atoms with Crippen LogP contribution in [0.15, 0.2) is 36.7 Å². The van der Waals surface area contributed by atoms with Gasteiger partial charge in [-0.3, -0.25) is 0 Å². The van der Waals surface area contributed by atoms with Gasteiger partial charge >= 0.3 is 0 Å². The fraction of sp³-hybridized carbons (Fsp3) is 0.100. The third-order valence-corrected chi connectivity index (χ3v) is 1.98. The lowest BCUT2D eigenvalue weighted by molar-refractivity contribution is 0.918. The van der Waals surface area contributed by atoms with Gasteiger partial charge in [0.15, 0.2) is 0 Å². The highest BCUT2D eigenvalue weighted by molar-refractivity contribution is 6.28. The van der Waals surface area contributed by atoms with Gasteiger partial charge < -0.3 is 0 Å². The molecular formula is C10H8ClN3. The second-order valence-corrected chi connectivity index (χ2v) is 3.17. The average Bonchev–Trinajstić information content (AvgIpc) is 2.19. The highest BCUT2D eigenvalue weighted by Gasteiger charge is 1.99. The maximum absolute atomic E-state index is 5.65. The number of halogens is 1. The molecule has 0 bridgehead atoms. The minimum absolute atomic E-state index is 0.242. The van der Waals surface area contributed by atoms with Crippen LogP contribution in [0.3, 0.4) is 0 Å². The highest BCUT2D eigenvalue weighted by Crippen LogP contribution is 2.05. The van der Waals surface area contributed by atoms with E-state index in [-0.39, 0.29) is 5.28 Å². The Hall–Kier alpha value is -1.48. The van der Waals surface area contributed by atoms with Gasteiger partial charge in [-0.15, -0.1) is 0 Å². The molecule has 2 aromatic rings. The molecule has 0 saturated carbocycles. The molecule has 1 heterocycles. The van der Waals surface area contributed by atoms with Gasteiger partial charge in [0, 0.05) is 6.42 Å². The predicted octanol–water partition coefficient (Wildman–Crippen LogP) is 2.12. The van der Waals surface area contributed by atoms with Gasteiger partial charge in [0.25, 0.3) is 0 Å². The SMILES string of the molecule is Clc1ncnc(Cc2ccccc2)n1. The number of hydrogen-bond donors (Lipinski definition) is 0. The van der Waals surface area contributed by atoms with Crippen molar-refractivity contribution in [2.45, 2.75) is 6.42 Å². The van der Waals surface area contributed by atoms with E-state index in [1.165, 1.54) is 6.33 Å². The monoisotopic (exact) mass is 205 g/mol. The first-order valence-corrected chi connectivity index (χ1v) is 4.60. The fourth-order valence-corrected chi connectivity index (χ4v) is 1.31. The van der Waals surface area contributed by atoms with Crippen molar-refractivity contribution < 1.29 is 0 Å². The van der Waals surface area contributed by atoms with Gasteiger partial charge in [-0.1, -0.05) is 30.3 Å². The molecule has 0 radical (unpaired) electrons. The predicted molar refractivity (Wildman–Crippen MR) is 54.1 cm³/mol. The molecule has 0 spiro atoms. The van der Waals surface area contributed by atoms with Crippen molar-refractivity contribution in [1.82, 2.24) is 15.0 Å². The normalized spacial score (nSPS) is 10.1. The molecule has 0 N–H and O–H groups in total. The standard InChI is InChI=1S/C10H8ClN3/c11-10-13-7-12-9(14-10)6-8-4-2-1-3-5-8/h1-5,7H,6H2. The third kappa shape index (κ3) is 2.26. The molecule has 3 nitrogen and oxygen atoms in total. The van der Waals surface area contributed by atoms with Crippen molar-refractivity contribution in [2.75, 3.05) is 0 Å². The van der Waals surface area contributed by atoms with E-state index in [2.05, 4.69) is 15.0 Å². The zero-order chi connectivity index (χ0) is 9.80. The molecule has 2 rings (SSSR count). The van der Waals surface area contributed by atoms with Crippen LogP contribution in [0.25, 0.3) is 0 Å². The first kappa shape index (κ1) is 9.09. The van der Waals surface area contributed by atoms with Crippen LogP contribution < -0.4 is 0 Å². The van der Waals surface area contributed by atoms with E-state index in [1.54, 1.807) is 0 Å². The van der Waals surface area contributed by atoms with Crippen LogP contribution in [-0.4, -0.2) is 15.0 Å². The van der Waals surface area contributed by atoms with E-state index in [0.717, 1.165) is 5.56 Å². The maximum Gasteiger partial charge on any atom is 0.225 e. The molecule has 4 heteroatoms. The summed E-state index contributed by atoms with van der Waals surface area (Å²) in [7, 11) is 0. The van der Waals surface area contributed by atoms with E-state index in [0.29, 0.717) is 12.2 Å². The van der Waals surface area contributed by atoms with Crippen molar-refractivity contribution in [3.8, 4) is 0 Å². The molecular weight excluding hydrogens is 198 g/mol. The zero-order valence-electron chi connectivity index (χ0n) is 7.39. The third-order valence-electron chi connectivity index (χ3n) is 1.80. The lowest BCUT2D eigenvalue weighted by atomic mass is 10.1. The van der Waals surface area contributed by atoms with Crippen molar-refractivity contribution in [3.63, 3.8) is 0 Å². The van der Waals surface area contributed by atoms with Crippen LogP contribution in [0.2, 0.25) is 5.28 Å². The smallest absolute Gasteiger partial charge is 0.221 e. The first-order chi connectivity index (χ1) is 6.84. The minimum atomic E-state index is 0.242. The topological polar surface area (TPSA) is 38.7 Å². The molecule has 0 aliphatic carbocycles. The quantitative estimate of drug-likeness (QED) is 0.754. The highest BCUT2D eigenvalue weighted by atomic mass is 35.5. The van der Waals surface area contributed by atoms with E-state index in [4.69, 9.17) is 11.6 Å². The van der Waals surface area contributed by atoms with Crippen LogP contribution in [0.1, 0.15) is 11.4 Å². The van der Waals surface area contributed by atoms with E-state index < -0.39 is 0 Å². The fourth-order valence-electron chi connectivity index (χ4n) is 1.17. The van der Waals surface area contributed by atoms with Gasteiger partial charge in [-0.05, 0) is 17.2 Å². The molecule has 0 amide bonds. The Kier molecular flexibility index (Phi) is 2.70. The molecule has 14 heavy (non-hydrogen) atoms. The summed E-state index contributed by atoms with van der Waals surface area (Å²) in [5.74, 6) is 0.691. The summed E-state index contributed by atoms with van der Waals surface area (Å²) in [5.41, 5.74) is 1.16. The second kappa shape index (κ2) is 4.15. The summed E-state index contributed by atoms with van der Waals surface area (Å²) in [6.45, 7) is 0. The number of aromatic nitrogens is 3. The van der Waals surface area contributed by atoms with Crippen molar-refractivity contribution >= 4 is 11.6 Å². The number of rotatable bonds is 2. The molecule has 0 atom stereocenters. The van der Waals surface area contributed by atoms with Crippen LogP contribution in [-0.2, 0) is 6.42 Å². The van der Waals surface area contributed by atoms with Gasteiger partial charge in [0.1, 0.15) is 12.2 Å². The molecule has 0 saturated heterocycles. The minimum Gasteiger partial charge on any atom is -0.221 e. The first-order valence-electron chi connectivity index (χ1n) is 4.22. The van der Waals surface area contributed by atoms with Crippen molar-refractivity contribution in [1.29, 1.82) is 0 Å². The van der Waals surface area contributed by atoms with Crippen LogP contribution in [0.4, 0.5) is 0 Å². The number of hydrogen-bond acceptors (Lipinski definition) is 3. The zero-order valence-corrected chi connectivity index (χ0v) is 8.15. The van der Waals surface area contributed by atoms with Crippen molar-refractivity contribution in [2.24, 2.45) is 0 Å². The molecule has 0 unspecified atom stereocenters. The summed E-state index contributed by atoms with van der Waals surface area (Å²) >= 11 is 5.65. The Labute approximate surface area is 86.8 Å².